The number of hydrogen-bond acceptors (Lipinski definition) is 26. The molecule has 0 aliphatic carbocycles. The summed E-state index contributed by atoms with van der Waals surface area (Å²) in [7, 11) is -12.1. The van der Waals surface area contributed by atoms with E-state index < -0.39 is 106 Å². The Balaban J connectivity index is 0.00000341. The zero-order valence-corrected chi connectivity index (χ0v) is 49.9. The van der Waals surface area contributed by atoms with Crippen molar-refractivity contribution in [3.8, 4) is 0 Å². The van der Waals surface area contributed by atoms with Crippen molar-refractivity contribution in [2.75, 3.05) is 36.7 Å². The second-order valence-corrected chi connectivity index (χ2v) is 28.1. The normalized spacial score (nSPS) is 30.9. The predicted octanol–water partition coefficient (Wildman–Crippen LogP) is -9.37. The Morgan fingerprint density at radius 2 is 1.10 bits per heavy atom. The van der Waals surface area contributed by atoms with E-state index in [2.05, 4.69) is 61.3 Å². The molecule has 11 N–H and O–H groups in total. The summed E-state index contributed by atoms with van der Waals surface area (Å²) < 4.78 is 66.7. The summed E-state index contributed by atoms with van der Waals surface area (Å²) >= 11 is 22.5. The van der Waals surface area contributed by atoms with Gasteiger partial charge in [0.15, 0.2) is 45.9 Å². The van der Waals surface area contributed by atoms with Gasteiger partial charge in [-0.25, -0.2) is 28.6 Å². The van der Waals surface area contributed by atoms with Crippen LogP contribution in [0.4, 0.5) is 23.0 Å². The number of halogens is 2. The number of alkyl halides is 2. The smallest absolute Gasteiger partial charge is 0.387 e. The van der Waals surface area contributed by atoms with Crippen LogP contribution in [0.15, 0.2) is 30.8 Å². The molecule has 6 unspecified atom stereocenters. The molecule has 0 spiro atoms. The molecule has 40 heteroatoms. The van der Waals surface area contributed by atoms with Gasteiger partial charge in [-0.3, -0.25) is 13.7 Å². The maximum absolute atomic E-state index is 13.2. The molecule has 4 aliphatic heterocycles. The average molecular weight is 1120 g/mol. The largest absolute Gasteiger partial charge is 1.00 e. The zero-order chi connectivity index (χ0) is 43.6. The van der Waals surface area contributed by atoms with E-state index in [1.165, 1.54) is 0 Å². The number of fused-ring (bicyclic) bond motifs is 2. The summed E-state index contributed by atoms with van der Waals surface area (Å²) in [4.78, 5) is 48.7. The number of thioether (sulfide) groups is 2. The third kappa shape index (κ3) is 13.5. The van der Waals surface area contributed by atoms with Crippen LogP contribution in [-0.4, -0.2) is 133 Å². The van der Waals surface area contributed by atoms with Crippen molar-refractivity contribution in [3.63, 3.8) is 0 Å². The van der Waals surface area contributed by atoms with Crippen molar-refractivity contribution >= 4 is 122 Å². The van der Waals surface area contributed by atoms with Gasteiger partial charge in [0, 0.05) is 0 Å². The molecule has 2 aromatic rings. The standard InChI is InChI=1S/C23H32Cl2N10O16P4S4.4Na/c1-58-21-28-5-7(32-34-9(5)17(26)30-21)15-11(36)13(38)19(48-15)46-3-52(40,56)50-54(42,43)23(24,25)55(44,45)51-53(41,57)4-47-20-14(39)12(37)16(49-20)8-6-10(35-33-8)18(27)31-22(29-6)59-2;;;;/h7-8,11-16,19-20,36-39H,3-4H2,1-2H3,(H,40,56)(H,41,57)(H,42,43)(H,44,45)(H2,26,28,30)(H2,27,29,31);;;;/q;4*+1/t7?,8?,11-,12-,13+,14+,15+,16+,19+,20+,52?,53?;;;;/m1..../s1. The van der Waals surface area contributed by atoms with Gasteiger partial charge in [-0.2, -0.15) is 10.2 Å². The maximum Gasteiger partial charge on any atom is 1.00 e. The summed E-state index contributed by atoms with van der Waals surface area (Å²) in [6, 6.07) is -2.21. The first kappa shape index (κ1) is 62.5. The first-order valence-electron chi connectivity index (χ1n) is 15.9. The molecule has 14 atom stereocenters. The van der Waals surface area contributed by atoms with E-state index in [0.717, 1.165) is 23.5 Å². The molecule has 328 valence electrons. The van der Waals surface area contributed by atoms with E-state index in [9.17, 15) is 48.8 Å². The van der Waals surface area contributed by atoms with Gasteiger partial charge in [-0.05, 0) is 24.3 Å². The summed E-state index contributed by atoms with van der Waals surface area (Å²) in [5, 5.41) is 59.0. The number of hydrogen-bond donors (Lipinski definition) is 10. The molecule has 0 amide bonds. The molecular formula is C23H32Cl2N10Na4O16P4S4+4. The van der Waals surface area contributed by atoms with E-state index in [1.54, 1.807) is 12.5 Å². The van der Waals surface area contributed by atoms with Gasteiger partial charge in [0.2, 0.25) is 6.49 Å². The molecule has 2 fully saturated rings. The molecule has 4 aliphatic rings. The molecule has 0 aromatic carbocycles. The van der Waals surface area contributed by atoms with Gasteiger partial charge < -0.3 is 65.5 Å². The predicted molar refractivity (Wildman–Crippen MR) is 214 cm³/mol. The quantitative estimate of drug-likeness (QED) is 0.0186. The van der Waals surface area contributed by atoms with E-state index in [-0.39, 0.29) is 163 Å². The van der Waals surface area contributed by atoms with Crippen LogP contribution in [0.2, 0.25) is 0 Å². The van der Waals surface area contributed by atoms with Crippen molar-refractivity contribution in [2.45, 2.75) is 75.4 Å². The molecular weight excluding hydrogens is 1090 g/mol. The topological polar surface area (TPSA) is 401 Å². The number of anilines is 2. The second kappa shape index (κ2) is 24.4. The van der Waals surface area contributed by atoms with Gasteiger partial charge in [0.25, 0.3) is 6.57 Å². The fourth-order valence-electron chi connectivity index (χ4n) is 5.65. The second-order valence-electron chi connectivity index (χ2n) is 12.5. The van der Waals surface area contributed by atoms with E-state index in [4.69, 9.17) is 65.4 Å². The number of thiol groups is 1. The molecule has 26 nitrogen and oxygen atoms in total. The average Bonchev–Trinajstić information content (AvgIpc) is 3.90. The number of rotatable bonds is 16. The molecule has 63 heavy (non-hydrogen) atoms. The van der Waals surface area contributed by atoms with Gasteiger partial charge in [0.05, 0.1) is 0 Å². The molecule has 6 heterocycles. The van der Waals surface area contributed by atoms with E-state index >= 15 is 0 Å². The third-order valence-corrected chi connectivity index (χ3v) is 21.6. The van der Waals surface area contributed by atoms with Crippen molar-refractivity contribution < 1.29 is 195 Å². The van der Waals surface area contributed by atoms with Crippen LogP contribution in [0.5, 0.6) is 0 Å². The Morgan fingerprint density at radius 3 is 1.49 bits per heavy atom. The fraction of sp³-hybridized carbons (Fsp3) is 0.652. The summed E-state index contributed by atoms with van der Waals surface area (Å²) in [6.07, 6.45) is -12.5. The molecule has 0 saturated carbocycles. The van der Waals surface area contributed by atoms with Crippen LogP contribution < -0.4 is 130 Å². The van der Waals surface area contributed by atoms with Gasteiger partial charge >= 0.3 is 137 Å². The first-order chi connectivity index (χ1) is 27.3. The van der Waals surface area contributed by atoms with Crippen LogP contribution >= 0.6 is 87.2 Å². The Morgan fingerprint density at radius 1 is 0.714 bits per heavy atom. The zero-order valence-electron chi connectivity index (χ0n) is 33.4. The van der Waals surface area contributed by atoms with Crippen molar-refractivity contribution in [1.29, 1.82) is 0 Å². The van der Waals surface area contributed by atoms with Crippen molar-refractivity contribution in [2.24, 2.45) is 20.5 Å². The minimum atomic E-state index is -6.06. The summed E-state index contributed by atoms with van der Waals surface area (Å²) in [5.74, 6) is -0.00812. The Labute approximate surface area is 474 Å². The van der Waals surface area contributed by atoms with Gasteiger partial charge in [-0.1, -0.05) is 59.0 Å². The van der Waals surface area contributed by atoms with Crippen LogP contribution in [0.1, 0.15) is 23.5 Å². The van der Waals surface area contributed by atoms with E-state index in [1.807, 2.05) is 0 Å². The first-order valence-corrected chi connectivity index (χ1v) is 28.1. The SMILES string of the molecule is CSc1nc(N)c2c(n1)C([C@@H]1O[C@H](OCP(=O)(S)OP(=O)(O)C(Cl)(Cl)P(=O)(O)OP(O)(=S)CO[C@H]3O[C@@H](C4N=Nc5c(N)nc(SC)nc54)[C@H](O)[C@@H]3O)[C@@H](O)[C@H]1O)N=N2.[Na+].[Na+].[Na+].[Na+]. The Bertz CT molecular complexity index is 2120. The number of nitrogen functional groups attached to an aromatic ring is 2. The van der Waals surface area contributed by atoms with Crippen LogP contribution in [0.3, 0.4) is 0 Å². The number of nitrogens with zero attached hydrogens (tertiary/aromatic N) is 8. The summed E-state index contributed by atoms with van der Waals surface area (Å²) in [5.41, 5.74) is 12.4. The number of aliphatic hydroxyl groups excluding tert-OH is 4. The van der Waals surface area contributed by atoms with Crippen LogP contribution in [0.25, 0.3) is 0 Å². The number of ether oxygens (including phenoxy) is 4. The maximum atomic E-state index is 13.2. The van der Waals surface area contributed by atoms with E-state index in [0.29, 0.717) is 0 Å². The Hall–Kier alpha value is 3.41. The molecule has 2 aromatic heterocycles. The molecule has 0 bridgehead atoms. The molecule has 6 rings (SSSR count). The van der Waals surface area contributed by atoms with Crippen molar-refractivity contribution in [3.05, 3.63) is 11.4 Å². The minimum absolute atomic E-state index is 0. The fourth-order valence-corrected chi connectivity index (χ4v) is 16.1. The summed E-state index contributed by atoms with van der Waals surface area (Å²) in [6.45, 7) is -9.64. The molecule has 0 radical (unpaired) electrons. The number of nitrogens with two attached hydrogens (primary N) is 2. The third-order valence-electron chi connectivity index (χ3n) is 8.42. The van der Waals surface area contributed by atoms with Crippen LogP contribution in [-0.2, 0) is 53.1 Å². The number of azo groups is 2. The van der Waals surface area contributed by atoms with Crippen molar-refractivity contribution in [1.82, 2.24) is 19.9 Å². The minimum Gasteiger partial charge on any atom is -0.387 e. The monoisotopic (exact) mass is 1120 g/mol. The van der Waals surface area contributed by atoms with Gasteiger partial charge in [0.1, 0.15) is 72.8 Å². The molecule has 2 saturated heterocycles. The number of aromatic nitrogens is 4. The van der Waals surface area contributed by atoms with Gasteiger partial charge in [-0.15, -0.1) is 10.2 Å². The Kier molecular flexibility index (Phi) is 24.2. The number of aliphatic hydroxyl groups is 4. The van der Waals surface area contributed by atoms with Crippen LogP contribution in [0, 0.1) is 0 Å².